The van der Waals surface area contributed by atoms with Crippen molar-refractivity contribution in [3.8, 4) is 0 Å². The second kappa shape index (κ2) is 6.83. The standard InChI is InChI=1S/C12H23NO2/c1-2-11(12(14)15)13-9-7-5-3-4-6-8-10-13/h11H,2-10H2,1H3,(H,14,15). The number of aliphatic carboxylic acids is 1. The molecular formula is C12H23NO2. The number of hydrogen-bond donors (Lipinski definition) is 1. The van der Waals surface area contributed by atoms with Gasteiger partial charge in [0.2, 0.25) is 0 Å². The number of rotatable bonds is 3. The van der Waals surface area contributed by atoms with Gasteiger partial charge in [-0.05, 0) is 32.4 Å². The fourth-order valence-electron chi connectivity index (χ4n) is 2.35. The van der Waals surface area contributed by atoms with Crippen LogP contribution in [0.25, 0.3) is 0 Å². The zero-order valence-corrected chi connectivity index (χ0v) is 9.74. The molecule has 1 heterocycles. The van der Waals surface area contributed by atoms with Crippen molar-refractivity contribution in [3.05, 3.63) is 0 Å². The van der Waals surface area contributed by atoms with Gasteiger partial charge in [-0.2, -0.15) is 0 Å². The highest BCUT2D eigenvalue weighted by Crippen LogP contribution is 2.14. The third-order valence-electron chi connectivity index (χ3n) is 3.25. The van der Waals surface area contributed by atoms with Crippen LogP contribution in [0.15, 0.2) is 0 Å². The maximum atomic E-state index is 11.1. The van der Waals surface area contributed by atoms with E-state index in [1.54, 1.807) is 0 Å². The molecule has 0 bridgehead atoms. The normalized spacial score (nSPS) is 22.5. The monoisotopic (exact) mass is 213 g/mol. The van der Waals surface area contributed by atoms with Crippen molar-refractivity contribution >= 4 is 5.97 Å². The first kappa shape index (κ1) is 12.5. The van der Waals surface area contributed by atoms with Gasteiger partial charge in [0, 0.05) is 0 Å². The predicted octanol–water partition coefficient (Wildman–Crippen LogP) is 2.51. The zero-order chi connectivity index (χ0) is 11.1. The van der Waals surface area contributed by atoms with Crippen molar-refractivity contribution < 1.29 is 9.90 Å². The number of carboxylic acids is 1. The van der Waals surface area contributed by atoms with E-state index in [4.69, 9.17) is 5.11 Å². The molecule has 0 saturated carbocycles. The summed E-state index contributed by atoms with van der Waals surface area (Å²) in [4.78, 5) is 13.2. The Morgan fingerprint density at radius 1 is 1.13 bits per heavy atom. The molecule has 3 heteroatoms. The topological polar surface area (TPSA) is 40.5 Å². The molecule has 0 aromatic heterocycles. The molecule has 1 aliphatic heterocycles. The summed E-state index contributed by atoms with van der Waals surface area (Å²) in [6, 6.07) is -0.261. The molecule has 1 atom stereocenters. The third-order valence-corrected chi connectivity index (χ3v) is 3.25. The molecule has 1 saturated heterocycles. The Morgan fingerprint density at radius 2 is 1.60 bits per heavy atom. The molecule has 0 spiro atoms. The van der Waals surface area contributed by atoms with Crippen LogP contribution in [0.4, 0.5) is 0 Å². The molecule has 15 heavy (non-hydrogen) atoms. The second-order valence-electron chi connectivity index (χ2n) is 4.42. The second-order valence-corrected chi connectivity index (χ2v) is 4.42. The van der Waals surface area contributed by atoms with Crippen LogP contribution in [0.3, 0.4) is 0 Å². The first-order valence-corrected chi connectivity index (χ1v) is 6.22. The summed E-state index contributed by atoms with van der Waals surface area (Å²) in [6.07, 6.45) is 8.18. The van der Waals surface area contributed by atoms with Gasteiger partial charge in [0.25, 0.3) is 0 Å². The lowest BCUT2D eigenvalue weighted by molar-refractivity contribution is -0.143. The summed E-state index contributed by atoms with van der Waals surface area (Å²) in [7, 11) is 0. The van der Waals surface area contributed by atoms with Crippen LogP contribution in [0.1, 0.15) is 51.9 Å². The first-order chi connectivity index (χ1) is 7.25. The summed E-state index contributed by atoms with van der Waals surface area (Å²) >= 11 is 0. The molecular weight excluding hydrogens is 190 g/mol. The lowest BCUT2D eigenvalue weighted by Gasteiger charge is -2.27. The van der Waals surface area contributed by atoms with Gasteiger partial charge < -0.3 is 5.11 Å². The van der Waals surface area contributed by atoms with E-state index in [0.717, 1.165) is 32.4 Å². The van der Waals surface area contributed by atoms with E-state index in [1.165, 1.54) is 25.7 Å². The van der Waals surface area contributed by atoms with Gasteiger partial charge in [-0.25, -0.2) is 0 Å². The summed E-state index contributed by atoms with van der Waals surface area (Å²) in [5.41, 5.74) is 0. The zero-order valence-electron chi connectivity index (χ0n) is 9.74. The van der Waals surface area contributed by atoms with Crippen LogP contribution in [0, 0.1) is 0 Å². The van der Waals surface area contributed by atoms with Gasteiger partial charge >= 0.3 is 5.97 Å². The van der Waals surface area contributed by atoms with E-state index < -0.39 is 5.97 Å². The van der Waals surface area contributed by atoms with Crippen molar-refractivity contribution in [1.82, 2.24) is 4.90 Å². The van der Waals surface area contributed by atoms with E-state index >= 15 is 0 Å². The highest BCUT2D eigenvalue weighted by Gasteiger charge is 2.23. The minimum atomic E-state index is -0.656. The van der Waals surface area contributed by atoms with E-state index in [-0.39, 0.29) is 6.04 Å². The highest BCUT2D eigenvalue weighted by atomic mass is 16.4. The van der Waals surface area contributed by atoms with Gasteiger partial charge in [-0.15, -0.1) is 0 Å². The van der Waals surface area contributed by atoms with Crippen LogP contribution in [-0.2, 0) is 4.79 Å². The summed E-state index contributed by atoms with van der Waals surface area (Å²) in [5.74, 6) is -0.656. The SMILES string of the molecule is CCC(C(=O)O)N1CCCCCCCC1. The van der Waals surface area contributed by atoms with Crippen LogP contribution in [-0.4, -0.2) is 35.1 Å². The Hall–Kier alpha value is -0.570. The molecule has 0 aromatic carbocycles. The van der Waals surface area contributed by atoms with Gasteiger partial charge in [-0.1, -0.05) is 32.6 Å². The molecule has 1 fully saturated rings. The average Bonchev–Trinajstić information content (AvgIpc) is 2.32. The van der Waals surface area contributed by atoms with Crippen molar-refractivity contribution in [1.29, 1.82) is 0 Å². The Balaban J connectivity index is 2.50. The lowest BCUT2D eigenvalue weighted by atomic mass is 10.1. The van der Waals surface area contributed by atoms with Gasteiger partial charge in [0.05, 0.1) is 0 Å². The largest absolute Gasteiger partial charge is 0.480 e. The number of hydrogen-bond acceptors (Lipinski definition) is 2. The van der Waals surface area contributed by atoms with Gasteiger partial charge in [0.15, 0.2) is 0 Å². The molecule has 1 N–H and O–H groups in total. The van der Waals surface area contributed by atoms with Crippen LogP contribution >= 0.6 is 0 Å². The maximum absolute atomic E-state index is 11.1. The third kappa shape index (κ3) is 4.20. The molecule has 1 unspecified atom stereocenters. The molecule has 1 aliphatic rings. The van der Waals surface area contributed by atoms with Crippen molar-refractivity contribution in [2.75, 3.05) is 13.1 Å². The Kier molecular flexibility index (Phi) is 5.69. The number of nitrogens with zero attached hydrogens (tertiary/aromatic N) is 1. The molecule has 0 amide bonds. The Labute approximate surface area is 92.5 Å². The van der Waals surface area contributed by atoms with Gasteiger partial charge in [-0.3, -0.25) is 9.69 Å². The minimum Gasteiger partial charge on any atom is -0.480 e. The summed E-state index contributed by atoms with van der Waals surface area (Å²) in [6.45, 7) is 3.89. The molecule has 1 rings (SSSR count). The minimum absolute atomic E-state index is 0.261. The number of carboxylic acid groups (broad SMARTS) is 1. The number of carbonyl (C=O) groups is 1. The fraction of sp³-hybridized carbons (Fsp3) is 0.917. The van der Waals surface area contributed by atoms with Crippen molar-refractivity contribution in [2.24, 2.45) is 0 Å². The van der Waals surface area contributed by atoms with Crippen LogP contribution in [0.5, 0.6) is 0 Å². The predicted molar refractivity (Wildman–Crippen MR) is 61.0 cm³/mol. The van der Waals surface area contributed by atoms with Crippen molar-refractivity contribution in [2.45, 2.75) is 57.9 Å². The van der Waals surface area contributed by atoms with E-state index in [2.05, 4.69) is 4.90 Å². The first-order valence-electron chi connectivity index (χ1n) is 6.22. The smallest absolute Gasteiger partial charge is 0.320 e. The molecule has 88 valence electrons. The quantitative estimate of drug-likeness (QED) is 0.783. The lowest BCUT2D eigenvalue weighted by Crippen LogP contribution is -2.41. The average molecular weight is 213 g/mol. The van der Waals surface area contributed by atoms with Gasteiger partial charge in [0.1, 0.15) is 6.04 Å². The van der Waals surface area contributed by atoms with Crippen molar-refractivity contribution in [3.63, 3.8) is 0 Å². The van der Waals surface area contributed by atoms with E-state index in [9.17, 15) is 4.79 Å². The Morgan fingerprint density at radius 3 is 2.00 bits per heavy atom. The fourth-order valence-corrected chi connectivity index (χ4v) is 2.35. The van der Waals surface area contributed by atoms with Crippen LogP contribution < -0.4 is 0 Å². The molecule has 0 aliphatic carbocycles. The molecule has 0 aromatic rings. The maximum Gasteiger partial charge on any atom is 0.320 e. The summed E-state index contributed by atoms with van der Waals surface area (Å²) in [5, 5.41) is 9.12. The Bertz CT molecular complexity index is 184. The van der Waals surface area contributed by atoms with E-state index in [1.807, 2.05) is 6.92 Å². The highest BCUT2D eigenvalue weighted by molar-refractivity contribution is 5.73. The van der Waals surface area contributed by atoms with E-state index in [0.29, 0.717) is 0 Å². The van der Waals surface area contributed by atoms with Crippen LogP contribution in [0.2, 0.25) is 0 Å². The molecule has 3 nitrogen and oxygen atoms in total. The summed E-state index contributed by atoms with van der Waals surface area (Å²) < 4.78 is 0. The molecule has 0 radical (unpaired) electrons.